The normalized spacial score (nSPS) is 16.6. The van der Waals surface area contributed by atoms with Crippen LogP contribution in [0.1, 0.15) is 18.4 Å². The third-order valence-electron chi connectivity index (χ3n) is 4.77. The quantitative estimate of drug-likeness (QED) is 0.705. The van der Waals surface area contributed by atoms with E-state index in [2.05, 4.69) is 41.9 Å². The molecule has 0 spiro atoms. The maximum Gasteiger partial charge on any atom is 0.240 e. The second kappa shape index (κ2) is 8.06. The summed E-state index contributed by atoms with van der Waals surface area (Å²) in [7, 11) is 0. The number of thiazole rings is 1. The summed E-state index contributed by atoms with van der Waals surface area (Å²) in [5, 5.41) is 5.96. The largest absolute Gasteiger partial charge is 0.376 e. The molecule has 0 unspecified atom stereocenters. The highest BCUT2D eigenvalue weighted by Gasteiger charge is 2.17. The summed E-state index contributed by atoms with van der Waals surface area (Å²) in [6, 6.07) is 12.3. The Morgan fingerprint density at radius 3 is 2.96 bits per heavy atom. The van der Waals surface area contributed by atoms with Crippen LogP contribution in [0.3, 0.4) is 0 Å². The summed E-state index contributed by atoms with van der Waals surface area (Å²) < 4.78 is 7.50. The second-order valence-corrected chi connectivity index (χ2v) is 7.72. The van der Waals surface area contributed by atoms with Crippen LogP contribution in [0.2, 0.25) is 0 Å². The van der Waals surface area contributed by atoms with Crippen LogP contribution < -0.4 is 5.32 Å². The summed E-state index contributed by atoms with van der Waals surface area (Å²) in [5.41, 5.74) is 4.27. The van der Waals surface area contributed by atoms with Crippen LogP contribution in [0.4, 0.5) is 0 Å². The van der Waals surface area contributed by atoms with Crippen molar-refractivity contribution in [3.63, 3.8) is 0 Å². The Hall–Kier alpha value is -2.44. The SMILES string of the molecule is Cc1ccc(-c2csc(-c3cccn3CC(=O)NC[C@@H]3CCCO3)n2)cc1. The first-order valence-electron chi connectivity index (χ1n) is 9.25. The van der Waals surface area contributed by atoms with E-state index >= 15 is 0 Å². The lowest BCUT2D eigenvalue weighted by Crippen LogP contribution is -2.34. The lowest BCUT2D eigenvalue weighted by molar-refractivity contribution is -0.122. The van der Waals surface area contributed by atoms with Crippen LogP contribution in [0.25, 0.3) is 22.0 Å². The van der Waals surface area contributed by atoms with Crippen molar-refractivity contribution in [3.8, 4) is 22.0 Å². The van der Waals surface area contributed by atoms with Gasteiger partial charge in [0, 0.05) is 30.3 Å². The third-order valence-corrected chi connectivity index (χ3v) is 5.63. The number of nitrogens with one attached hydrogen (secondary N) is 1. The molecule has 4 rings (SSSR count). The molecular formula is C21H23N3O2S. The molecule has 1 N–H and O–H groups in total. The number of aromatic nitrogens is 2. The van der Waals surface area contributed by atoms with Crippen molar-refractivity contribution in [2.45, 2.75) is 32.4 Å². The van der Waals surface area contributed by atoms with Crippen LogP contribution in [-0.4, -0.2) is 34.7 Å². The van der Waals surface area contributed by atoms with Crippen molar-refractivity contribution in [1.29, 1.82) is 0 Å². The maximum absolute atomic E-state index is 12.3. The fraction of sp³-hybridized carbons (Fsp3) is 0.333. The lowest BCUT2D eigenvalue weighted by atomic mass is 10.1. The molecule has 2 aromatic heterocycles. The highest BCUT2D eigenvalue weighted by atomic mass is 32.1. The number of aryl methyl sites for hydroxylation is 1. The van der Waals surface area contributed by atoms with Gasteiger partial charge in [-0.05, 0) is 31.9 Å². The zero-order valence-electron chi connectivity index (χ0n) is 15.4. The molecule has 0 bridgehead atoms. The minimum absolute atomic E-state index is 0.00161. The summed E-state index contributed by atoms with van der Waals surface area (Å²) in [6.07, 6.45) is 4.19. The molecule has 1 atom stereocenters. The predicted octanol–water partition coefficient (Wildman–Crippen LogP) is 3.88. The molecule has 5 nitrogen and oxygen atoms in total. The van der Waals surface area contributed by atoms with Gasteiger partial charge in [0.15, 0.2) is 0 Å². The summed E-state index contributed by atoms with van der Waals surface area (Å²) in [4.78, 5) is 17.1. The van der Waals surface area contributed by atoms with Gasteiger partial charge in [-0.2, -0.15) is 0 Å². The van der Waals surface area contributed by atoms with E-state index in [9.17, 15) is 4.79 Å². The number of nitrogens with zero attached hydrogens (tertiary/aromatic N) is 2. The van der Waals surface area contributed by atoms with Gasteiger partial charge >= 0.3 is 0 Å². The van der Waals surface area contributed by atoms with Gasteiger partial charge in [0.1, 0.15) is 11.6 Å². The maximum atomic E-state index is 12.3. The van der Waals surface area contributed by atoms with E-state index in [0.29, 0.717) is 6.54 Å². The van der Waals surface area contributed by atoms with Crippen molar-refractivity contribution in [2.75, 3.05) is 13.2 Å². The van der Waals surface area contributed by atoms with Crippen LogP contribution in [-0.2, 0) is 16.1 Å². The van der Waals surface area contributed by atoms with Crippen LogP contribution in [0, 0.1) is 6.92 Å². The zero-order valence-corrected chi connectivity index (χ0v) is 16.2. The van der Waals surface area contributed by atoms with Crippen LogP contribution >= 0.6 is 11.3 Å². The third kappa shape index (κ3) is 4.28. The zero-order chi connectivity index (χ0) is 18.6. The molecule has 3 aromatic rings. The van der Waals surface area contributed by atoms with E-state index < -0.39 is 0 Å². The Balaban J connectivity index is 1.44. The Morgan fingerprint density at radius 2 is 2.19 bits per heavy atom. The highest BCUT2D eigenvalue weighted by Crippen LogP contribution is 2.29. The molecule has 1 aliphatic heterocycles. The standard InChI is InChI=1S/C21H23N3O2S/c1-15-6-8-16(9-7-15)18-14-27-21(23-18)19-5-2-10-24(19)13-20(25)22-12-17-4-3-11-26-17/h2,5-10,14,17H,3-4,11-13H2,1H3,(H,22,25)/t17-/m0/s1. The Bertz CT molecular complexity index is 908. The molecule has 1 amide bonds. The molecule has 1 fully saturated rings. The van der Waals surface area contributed by atoms with Crippen molar-refractivity contribution in [3.05, 3.63) is 53.5 Å². The van der Waals surface area contributed by atoms with Gasteiger partial charge in [-0.25, -0.2) is 4.98 Å². The Labute approximate surface area is 163 Å². The van der Waals surface area contributed by atoms with Gasteiger partial charge in [0.2, 0.25) is 5.91 Å². The lowest BCUT2D eigenvalue weighted by Gasteiger charge is -2.12. The second-order valence-electron chi connectivity index (χ2n) is 6.86. The van der Waals surface area contributed by atoms with Crippen molar-refractivity contribution in [1.82, 2.24) is 14.9 Å². The first-order valence-corrected chi connectivity index (χ1v) is 10.1. The van der Waals surface area contributed by atoms with E-state index in [0.717, 1.165) is 41.4 Å². The molecule has 0 saturated carbocycles. The van der Waals surface area contributed by atoms with Crippen molar-refractivity contribution >= 4 is 17.2 Å². The number of hydrogen-bond donors (Lipinski definition) is 1. The molecule has 1 saturated heterocycles. The number of ether oxygens (including phenoxy) is 1. The Kier molecular flexibility index (Phi) is 5.36. The first-order chi connectivity index (χ1) is 13.2. The first kappa shape index (κ1) is 17.9. The molecule has 27 heavy (non-hydrogen) atoms. The summed E-state index contributed by atoms with van der Waals surface area (Å²) in [6.45, 7) is 3.75. The fourth-order valence-electron chi connectivity index (χ4n) is 3.24. The number of carbonyl (C=O) groups is 1. The van der Waals surface area contributed by atoms with Gasteiger partial charge in [-0.1, -0.05) is 29.8 Å². The Morgan fingerprint density at radius 1 is 1.33 bits per heavy atom. The number of carbonyl (C=O) groups excluding carboxylic acids is 1. The molecule has 0 aliphatic carbocycles. The van der Waals surface area contributed by atoms with Crippen molar-refractivity contribution < 1.29 is 9.53 Å². The number of hydrogen-bond acceptors (Lipinski definition) is 4. The van der Waals surface area contributed by atoms with Gasteiger partial charge < -0.3 is 14.6 Å². The number of amides is 1. The molecule has 0 radical (unpaired) electrons. The van der Waals surface area contributed by atoms with E-state index in [-0.39, 0.29) is 18.6 Å². The smallest absolute Gasteiger partial charge is 0.240 e. The summed E-state index contributed by atoms with van der Waals surface area (Å²) >= 11 is 1.60. The van der Waals surface area contributed by atoms with E-state index in [1.807, 2.05) is 22.9 Å². The molecule has 1 aromatic carbocycles. The summed E-state index contributed by atoms with van der Waals surface area (Å²) in [5.74, 6) is -0.00161. The average molecular weight is 382 g/mol. The van der Waals surface area contributed by atoms with Crippen molar-refractivity contribution in [2.24, 2.45) is 0 Å². The van der Waals surface area contributed by atoms with Gasteiger partial charge in [-0.3, -0.25) is 4.79 Å². The number of rotatable bonds is 6. The van der Waals surface area contributed by atoms with Gasteiger partial charge in [0.05, 0.1) is 17.5 Å². The molecular weight excluding hydrogens is 358 g/mol. The predicted molar refractivity (Wildman–Crippen MR) is 108 cm³/mol. The highest BCUT2D eigenvalue weighted by molar-refractivity contribution is 7.13. The molecule has 6 heteroatoms. The monoisotopic (exact) mass is 381 g/mol. The van der Waals surface area contributed by atoms with Crippen LogP contribution in [0.15, 0.2) is 48.0 Å². The molecule has 140 valence electrons. The van der Waals surface area contributed by atoms with E-state index in [4.69, 9.17) is 9.72 Å². The van der Waals surface area contributed by atoms with E-state index in [1.54, 1.807) is 11.3 Å². The fourth-order valence-corrected chi connectivity index (χ4v) is 4.11. The minimum Gasteiger partial charge on any atom is -0.376 e. The van der Waals surface area contributed by atoms with Crippen LogP contribution in [0.5, 0.6) is 0 Å². The van der Waals surface area contributed by atoms with Gasteiger partial charge in [0.25, 0.3) is 0 Å². The topological polar surface area (TPSA) is 56.2 Å². The minimum atomic E-state index is -0.00161. The van der Waals surface area contributed by atoms with E-state index in [1.165, 1.54) is 5.56 Å². The van der Waals surface area contributed by atoms with Gasteiger partial charge in [-0.15, -0.1) is 11.3 Å². The number of benzene rings is 1. The molecule has 1 aliphatic rings. The average Bonchev–Trinajstić information content (AvgIpc) is 3.42. The molecule has 3 heterocycles.